The highest BCUT2D eigenvalue weighted by Crippen LogP contribution is 2.58. The molecule has 100 valence electrons. The summed E-state index contributed by atoms with van der Waals surface area (Å²) in [4.78, 5) is 23.7. The van der Waals surface area contributed by atoms with Crippen molar-refractivity contribution < 1.29 is 19.1 Å². The molecule has 1 aliphatic heterocycles. The van der Waals surface area contributed by atoms with Crippen molar-refractivity contribution >= 4 is 34.5 Å². The van der Waals surface area contributed by atoms with Gasteiger partial charge in [-0.05, 0) is 18.8 Å². The van der Waals surface area contributed by atoms with Crippen LogP contribution in [-0.4, -0.2) is 28.1 Å². The van der Waals surface area contributed by atoms with Gasteiger partial charge in [-0.15, -0.1) is 0 Å². The number of esters is 2. The van der Waals surface area contributed by atoms with Crippen LogP contribution in [0.1, 0.15) is 26.7 Å². The van der Waals surface area contributed by atoms with Crippen LogP contribution in [0.15, 0.2) is 0 Å². The van der Waals surface area contributed by atoms with Crippen LogP contribution in [0.25, 0.3) is 0 Å². The predicted molar refractivity (Wildman–Crippen MR) is 72.1 cm³/mol. The summed E-state index contributed by atoms with van der Waals surface area (Å²) >= 11 is 2.10. The first-order chi connectivity index (χ1) is 8.54. The lowest BCUT2D eigenvalue weighted by molar-refractivity contribution is -0.161. The highest BCUT2D eigenvalue weighted by Gasteiger charge is 2.66. The number of alkyl halides is 1. The molecule has 7 unspecified atom stereocenters. The van der Waals surface area contributed by atoms with E-state index in [1.165, 1.54) is 0 Å². The van der Waals surface area contributed by atoms with Crippen molar-refractivity contribution in [1.82, 2.24) is 0 Å². The summed E-state index contributed by atoms with van der Waals surface area (Å²) < 4.78 is 10.9. The Bertz CT molecular complexity index is 396. The molecule has 2 saturated carbocycles. The number of carbonyl (C=O) groups is 2. The molecule has 3 aliphatic rings. The van der Waals surface area contributed by atoms with E-state index in [-0.39, 0.29) is 45.8 Å². The Hall–Kier alpha value is -0.330. The van der Waals surface area contributed by atoms with E-state index in [1.807, 2.05) is 6.92 Å². The van der Waals surface area contributed by atoms with Crippen LogP contribution in [0, 0.1) is 23.7 Å². The van der Waals surface area contributed by atoms with E-state index in [0.717, 1.165) is 12.8 Å². The van der Waals surface area contributed by atoms with Gasteiger partial charge >= 0.3 is 11.9 Å². The van der Waals surface area contributed by atoms with E-state index < -0.39 is 0 Å². The van der Waals surface area contributed by atoms with Gasteiger partial charge in [0.05, 0.1) is 5.92 Å². The number of hydrogen-bond acceptors (Lipinski definition) is 4. The number of ether oxygens (including phenoxy) is 2. The summed E-state index contributed by atoms with van der Waals surface area (Å²) in [7, 11) is 0. The van der Waals surface area contributed by atoms with E-state index in [2.05, 4.69) is 29.5 Å². The molecule has 4 nitrogen and oxygen atoms in total. The minimum absolute atomic E-state index is 0.0523. The Morgan fingerprint density at radius 2 is 2.28 bits per heavy atom. The number of fused-ring (bicyclic) bond motifs is 1. The Morgan fingerprint density at radius 1 is 1.56 bits per heavy atom. The lowest BCUT2D eigenvalue weighted by Crippen LogP contribution is -2.40. The molecule has 0 amide bonds. The average Bonchev–Trinajstić information content (AvgIpc) is 2.92. The van der Waals surface area contributed by atoms with Crippen molar-refractivity contribution in [1.29, 1.82) is 0 Å². The van der Waals surface area contributed by atoms with Gasteiger partial charge < -0.3 is 9.47 Å². The molecule has 2 bridgehead atoms. The van der Waals surface area contributed by atoms with E-state index in [1.54, 1.807) is 0 Å². The summed E-state index contributed by atoms with van der Waals surface area (Å²) in [6.07, 6.45) is 1.36. The van der Waals surface area contributed by atoms with Gasteiger partial charge in [0.15, 0.2) is 0 Å². The maximum atomic E-state index is 11.9. The topological polar surface area (TPSA) is 52.6 Å². The largest absolute Gasteiger partial charge is 0.458 e. The van der Waals surface area contributed by atoms with Crippen molar-refractivity contribution in [3.8, 4) is 0 Å². The third kappa shape index (κ3) is 1.62. The summed E-state index contributed by atoms with van der Waals surface area (Å²) in [6, 6.07) is 0. The van der Waals surface area contributed by atoms with Crippen LogP contribution in [-0.2, 0) is 19.1 Å². The maximum absolute atomic E-state index is 11.9. The van der Waals surface area contributed by atoms with E-state index in [9.17, 15) is 9.59 Å². The second-order valence-electron chi connectivity index (χ2n) is 5.63. The molecule has 5 heteroatoms. The molecule has 3 rings (SSSR count). The van der Waals surface area contributed by atoms with Gasteiger partial charge in [-0.3, -0.25) is 9.59 Å². The number of hydrogen-bond donors (Lipinski definition) is 0. The van der Waals surface area contributed by atoms with Crippen molar-refractivity contribution in [3.05, 3.63) is 0 Å². The van der Waals surface area contributed by atoms with Crippen LogP contribution >= 0.6 is 22.6 Å². The smallest absolute Gasteiger partial charge is 0.319 e. The predicted octanol–water partition coefficient (Wildman–Crippen LogP) is 1.94. The van der Waals surface area contributed by atoms with E-state index in [4.69, 9.17) is 9.47 Å². The highest BCUT2D eigenvalue weighted by atomic mass is 127. The fourth-order valence-corrected chi connectivity index (χ4v) is 4.02. The Balaban J connectivity index is 1.76. The Kier molecular flexibility index (Phi) is 3.07. The molecule has 0 aromatic heterocycles. The molecule has 7 atom stereocenters. The van der Waals surface area contributed by atoms with Gasteiger partial charge in [0.1, 0.15) is 16.1 Å². The molecular formula is C13H17IO4. The van der Waals surface area contributed by atoms with E-state index in [0.29, 0.717) is 5.92 Å². The SMILES string of the molecule is CCC(I)C(=O)OC1C2CC3C1OC(=O)C3C2C. The minimum atomic E-state index is -0.205. The molecule has 1 saturated heterocycles. The number of carbonyl (C=O) groups excluding carboxylic acids is 2. The fraction of sp³-hybridized carbons (Fsp3) is 0.846. The molecule has 0 aromatic rings. The highest BCUT2D eigenvalue weighted by molar-refractivity contribution is 14.1. The summed E-state index contributed by atoms with van der Waals surface area (Å²) in [5.74, 6) is 0.678. The Morgan fingerprint density at radius 3 is 2.94 bits per heavy atom. The lowest BCUT2D eigenvalue weighted by atomic mass is 9.80. The van der Waals surface area contributed by atoms with Crippen LogP contribution in [0.3, 0.4) is 0 Å². The Labute approximate surface area is 120 Å². The van der Waals surface area contributed by atoms with Gasteiger partial charge in [-0.25, -0.2) is 0 Å². The van der Waals surface area contributed by atoms with Gasteiger partial charge in [0.2, 0.25) is 0 Å². The van der Waals surface area contributed by atoms with Crippen molar-refractivity contribution in [2.45, 2.75) is 42.8 Å². The van der Waals surface area contributed by atoms with Crippen molar-refractivity contribution in [2.24, 2.45) is 23.7 Å². The second-order valence-corrected chi connectivity index (χ2v) is 7.13. The fourth-order valence-electron chi connectivity index (χ4n) is 3.88. The third-order valence-corrected chi connectivity index (χ3v) is 6.20. The minimum Gasteiger partial charge on any atom is -0.458 e. The van der Waals surface area contributed by atoms with Crippen molar-refractivity contribution in [2.75, 3.05) is 0 Å². The quantitative estimate of drug-likeness (QED) is 0.436. The van der Waals surface area contributed by atoms with Gasteiger partial charge in [-0.2, -0.15) is 0 Å². The molecule has 0 radical (unpaired) electrons. The molecule has 0 spiro atoms. The average molecular weight is 364 g/mol. The van der Waals surface area contributed by atoms with Gasteiger partial charge in [0, 0.05) is 11.8 Å². The summed E-state index contributed by atoms with van der Waals surface area (Å²) in [5.41, 5.74) is 0. The zero-order valence-electron chi connectivity index (χ0n) is 10.5. The first-order valence-electron chi connectivity index (χ1n) is 6.59. The number of rotatable bonds is 3. The maximum Gasteiger partial charge on any atom is 0.319 e. The summed E-state index contributed by atoms with van der Waals surface area (Å²) in [6.45, 7) is 4.05. The molecular weight excluding hydrogens is 347 g/mol. The van der Waals surface area contributed by atoms with Crippen LogP contribution < -0.4 is 0 Å². The molecule has 0 aromatic carbocycles. The zero-order chi connectivity index (χ0) is 13.0. The normalized spacial score (nSPS) is 46.1. The van der Waals surface area contributed by atoms with Gasteiger partial charge in [-0.1, -0.05) is 36.4 Å². The van der Waals surface area contributed by atoms with Crippen LogP contribution in [0.2, 0.25) is 0 Å². The number of halogens is 1. The van der Waals surface area contributed by atoms with Gasteiger partial charge in [0.25, 0.3) is 0 Å². The van der Waals surface area contributed by atoms with Crippen molar-refractivity contribution in [3.63, 3.8) is 0 Å². The lowest BCUT2D eigenvalue weighted by Gasteiger charge is -2.29. The molecule has 2 aliphatic carbocycles. The van der Waals surface area contributed by atoms with Crippen LogP contribution in [0.5, 0.6) is 0 Å². The monoisotopic (exact) mass is 364 g/mol. The standard InChI is InChI=1S/C13H17IO4/c1-3-8(14)12(15)17-10-6-4-7-9(5(6)2)13(16)18-11(7)10/h5-11H,3-4H2,1-2H3. The molecule has 18 heavy (non-hydrogen) atoms. The van der Waals surface area contributed by atoms with Crippen LogP contribution in [0.4, 0.5) is 0 Å². The summed E-state index contributed by atoms with van der Waals surface area (Å²) in [5, 5.41) is 0. The zero-order valence-corrected chi connectivity index (χ0v) is 12.6. The first-order valence-corrected chi connectivity index (χ1v) is 7.84. The molecule has 3 fully saturated rings. The third-order valence-electron chi connectivity index (χ3n) is 4.81. The first kappa shape index (κ1) is 12.7. The molecule has 1 heterocycles. The second kappa shape index (κ2) is 4.35. The van der Waals surface area contributed by atoms with E-state index >= 15 is 0 Å². The molecule has 0 N–H and O–H groups in total.